The molecule has 1 aromatic heterocycles. The summed E-state index contributed by atoms with van der Waals surface area (Å²) < 4.78 is 1.80. The smallest absolute Gasteiger partial charge is 0.232 e. The molecule has 1 amide bonds. The number of imidazole rings is 1. The lowest BCUT2D eigenvalue weighted by Gasteiger charge is -2.13. The van der Waals surface area contributed by atoms with Gasteiger partial charge in [-0.05, 0) is 6.92 Å². The molecule has 0 fully saturated rings. The first-order chi connectivity index (χ1) is 7.60. The molecule has 5 nitrogen and oxygen atoms in total. The first-order valence-corrected chi connectivity index (χ1v) is 6.06. The SMILES string of the molecule is CCN(C)C(=O)CSc1ncc(CO)n1C. The topological polar surface area (TPSA) is 58.4 Å². The van der Waals surface area contributed by atoms with E-state index in [1.165, 1.54) is 11.8 Å². The Morgan fingerprint density at radius 1 is 1.69 bits per heavy atom. The molecule has 0 aromatic carbocycles. The van der Waals surface area contributed by atoms with Crippen LogP contribution < -0.4 is 0 Å². The second-order valence-corrected chi connectivity index (χ2v) is 4.39. The highest BCUT2D eigenvalue weighted by molar-refractivity contribution is 7.99. The quantitative estimate of drug-likeness (QED) is 0.764. The summed E-state index contributed by atoms with van der Waals surface area (Å²) in [5.74, 6) is 0.459. The number of thioether (sulfide) groups is 1. The van der Waals surface area contributed by atoms with E-state index in [0.717, 1.165) is 10.9 Å². The van der Waals surface area contributed by atoms with Gasteiger partial charge >= 0.3 is 0 Å². The molecule has 0 atom stereocenters. The third kappa shape index (κ3) is 2.99. The summed E-state index contributed by atoms with van der Waals surface area (Å²) in [5.41, 5.74) is 0.749. The van der Waals surface area contributed by atoms with Crippen molar-refractivity contribution in [1.82, 2.24) is 14.5 Å². The van der Waals surface area contributed by atoms with Gasteiger partial charge in [-0.1, -0.05) is 11.8 Å². The van der Waals surface area contributed by atoms with Crippen molar-refractivity contribution in [3.05, 3.63) is 11.9 Å². The van der Waals surface area contributed by atoms with Crippen molar-refractivity contribution < 1.29 is 9.90 Å². The lowest BCUT2D eigenvalue weighted by atomic mass is 10.5. The fourth-order valence-corrected chi connectivity index (χ4v) is 2.03. The number of rotatable bonds is 5. The zero-order valence-electron chi connectivity index (χ0n) is 9.80. The molecule has 1 N–H and O–H groups in total. The van der Waals surface area contributed by atoms with Crippen molar-refractivity contribution in [2.24, 2.45) is 7.05 Å². The summed E-state index contributed by atoms with van der Waals surface area (Å²) in [6.07, 6.45) is 1.62. The molecule has 6 heteroatoms. The van der Waals surface area contributed by atoms with Gasteiger partial charge in [0, 0.05) is 20.6 Å². The molecule has 1 aromatic rings. The second-order valence-electron chi connectivity index (χ2n) is 3.45. The Hall–Kier alpha value is -1.01. The number of aliphatic hydroxyl groups excluding tert-OH is 1. The number of hydrogen-bond donors (Lipinski definition) is 1. The van der Waals surface area contributed by atoms with E-state index in [1.54, 1.807) is 22.7 Å². The van der Waals surface area contributed by atoms with Gasteiger partial charge in [-0.3, -0.25) is 4.79 Å². The number of aliphatic hydroxyl groups is 1. The van der Waals surface area contributed by atoms with E-state index in [1.807, 2.05) is 14.0 Å². The molecule has 90 valence electrons. The molecule has 0 radical (unpaired) electrons. The molecule has 1 heterocycles. The lowest BCUT2D eigenvalue weighted by molar-refractivity contribution is -0.126. The molecule has 1 rings (SSSR count). The summed E-state index contributed by atoms with van der Waals surface area (Å²) in [6.45, 7) is 2.61. The number of carbonyl (C=O) groups is 1. The largest absolute Gasteiger partial charge is 0.390 e. The van der Waals surface area contributed by atoms with E-state index in [0.29, 0.717) is 12.3 Å². The normalized spacial score (nSPS) is 10.5. The highest BCUT2D eigenvalue weighted by Crippen LogP contribution is 2.17. The Morgan fingerprint density at radius 2 is 2.38 bits per heavy atom. The molecule has 0 aliphatic heterocycles. The molecular weight excluding hydrogens is 226 g/mol. The molecule has 0 aliphatic rings. The minimum absolute atomic E-state index is 0.0349. The van der Waals surface area contributed by atoms with Crippen molar-refractivity contribution in [1.29, 1.82) is 0 Å². The van der Waals surface area contributed by atoms with E-state index in [2.05, 4.69) is 4.98 Å². The third-order valence-corrected chi connectivity index (χ3v) is 3.46. The van der Waals surface area contributed by atoms with Gasteiger partial charge in [0.1, 0.15) is 0 Å². The zero-order chi connectivity index (χ0) is 12.1. The Morgan fingerprint density at radius 3 is 2.88 bits per heavy atom. The Labute approximate surface area is 99.5 Å². The predicted molar refractivity (Wildman–Crippen MR) is 63.2 cm³/mol. The predicted octanol–water partition coefficient (Wildman–Crippen LogP) is 0.483. The summed E-state index contributed by atoms with van der Waals surface area (Å²) in [5, 5.41) is 9.74. The van der Waals surface area contributed by atoms with Crippen LogP contribution in [0.2, 0.25) is 0 Å². The number of hydrogen-bond acceptors (Lipinski definition) is 4. The van der Waals surface area contributed by atoms with Crippen LogP contribution in [0.1, 0.15) is 12.6 Å². The minimum Gasteiger partial charge on any atom is -0.390 e. The average molecular weight is 243 g/mol. The molecule has 0 unspecified atom stereocenters. The highest BCUT2D eigenvalue weighted by Gasteiger charge is 2.11. The zero-order valence-corrected chi connectivity index (χ0v) is 10.6. The highest BCUT2D eigenvalue weighted by atomic mass is 32.2. The number of carbonyl (C=O) groups excluding carboxylic acids is 1. The van der Waals surface area contributed by atoms with E-state index < -0.39 is 0 Å². The molecule has 16 heavy (non-hydrogen) atoms. The van der Waals surface area contributed by atoms with Gasteiger partial charge in [-0.15, -0.1) is 0 Å². The monoisotopic (exact) mass is 243 g/mol. The molecule has 0 spiro atoms. The Kier molecular flexibility index (Phi) is 4.82. The lowest BCUT2D eigenvalue weighted by Crippen LogP contribution is -2.27. The Bertz CT molecular complexity index is 365. The summed E-state index contributed by atoms with van der Waals surface area (Å²) >= 11 is 1.38. The van der Waals surface area contributed by atoms with E-state index in [9.17, 15) is 4.79 Å². The molecule has 0 saturated carbocycles. The first kappa shape index (κ1) is 13.1. The van der Waals surface area contributed by atoms with Gasteiger partial charge in [0.05, 0.1) is 24.3 Å². The van der Waals surface area contributed by atoms with Crippen LogP contribution in [-0.2, 0) is 18.4 Å². The van der Waals surface area contributed by atoms with Crippen LogP contribution in [0.4, 0.5) is 0 Å². The van der Waals surface area contributed by atoms with Gasteiger partial charge in [-0.25, -0.2) is 4.98 Å². The number of nitrogens with zero attached hydrogens (tertiary/aromatic N) is 3. The maximum absolute atomic E-state index is 11.6. The Balaban J connectivity index is 2.55. The van der Waals surface area contributed by atoms with Crippen molar-refractivity contribution in [2.75, 3.05) is 19.3 Å². The number of amides is 1. The van der Waals surface area contributed by atoms with Gasteiger partial charge in [-0.2, -0.15) is 0 Å². The van der Waals surface area contributed by atoms with Crippen LogP contribution in [0.5, 0.6) is 0 Å². The number of aromatic nitrogens is 2. The van der Waals surface area contributed by atoms with E-state index in [4.69, 9.17) is 5.11 Å². The van der Waals surface area contributed by atoms with Gasteiger partial charge in [0.2, 0.25) is 5.91 Å². The van der Waals surface area contributed by atoms with E-state index >= 15 is 0 Å². The van der Waals surface area contributed by atoms with Crippen LogP contribution in [0.25, 0.3) is 0 Å². The minimum atomic E-state index is -0.0349. The van der Waals surface area contributed by atoms with Crippen LogP contribution >= 0.6 is 11.8 Å². The fourth-order valence-electron chi connectivity index (χ4n) is 1.12. The van der Waals surface area contributed by atoms with Crippen molar-refractivity contribution >= 4 is 17.7 Å². The third-order valence-electron chi connectivity index (χ3n) is 2.43. The van der Waals surface area contributed by atoms with Crippen LogP contribution in [0.15, 0.2) is 11.4 Å². The van der Waals surface area contributed by atoms with Gasteiger partial charge in [0.15, 0.2) is 5.16 Å². The standard InChI is InChI=1S/C10H17N3O2S/c1-4-12(2)9(15)7-16-10-11-5-8(6-14)13(10)3/h5,14H,4,6-7H2,1-3H3. The molecular formula is C10H17N3O2S. The van der Waals surface area contributed by atoms with Gasteiger partial charge in [0.25, 0.3) is 0 Å². The van der Waals surface area contributed by atoms with Crippen molar-refractivity contribution in [3.8, 4) is 0 Å². The maximum atomic E-state index is 11.6. The van der Waals surface area contributed by atoms with Crippen LogP contribution in [0.3, 0.4) is 0 Å². The summed E-state index contributed by atoms with van der Waals surface area (Å²) in [7, 11) is 3.61. The summed E-state index contributed by atoms with van der Waals surface area (Å²) in [4.78, 5) is 17.4. The van der Waals surface area contributed by atoms with Crippen molar-refractivity contribution in [2.45, 2.75) is 18.7 Å². The first-order valence-electron chi connectivity index (χ1n) is 5.08. The molecule has 0 bridgehead atoms. The fraction of sp³-hybridized carbons (Fsp3) is 0.600. The van der Waals surface area contributed by atoms with Crippen molar-refractivity contribution in [3.63, 3.8) is 0 Å². The van der Waals surface area contributed by atoms with Crippen LogP contribution in [-0.4, -0.2) is 44.8 Å². The second kappa shape index (κ2) is 5.91. The average Bonchev–Trinajstić information content (AvgIpc) is 2.65. The van der Waals surface area contributed by atoms with E-state index in [-0.39, 0.29) is 12.5 Å². The molecule has 0 aliphatic carbocycles. The maximum Gasteiger partial charge on any atom is 0.232 e. The van der Waals surface area contributed by atoms with Crippen LogP contribution in [0, 0.1) is 0 Å². The van der Waals surface area contributed by atoms with Gasteiger partial charge < -0.3 is 14.6 Å². The molecule has 0 saturated heterocycles. The summed E-state index contributed by atoms with van der Waals surface area (Å²) in [6, 6.07) is 0.